The van der Waals surface area contributed by atoms with Crippen LogP contribution in [0.1, 0.15) is 48.4 Å². The van der Waals surface area contributed by atoms with Gasteiger partial charge in [0.25, 0.3) is 5.91 Å². The third-order valence-corrected chi connectivity index (χ3v) is 6.25. The Kier molecular flexibility index (Phi) is 6.72. The summed E-state index contributed by atoms with van der Waals surface area (Å²) in [7, 11) is 0. The second-order valence-electron chi connectivity index (χ2n) is 8.45. The van der Waals surface area contributed by atoms with Gasteiger partial charge in [-0.15, -0.1) is 0 Å². The number of benzene rings is 2. The number of nitrogens with zero attached hydrogens (tertiary/aromatic N) is 2. The number of rotatable bonds is 9. The number of hydrogen-bond donors (Lipinski definition) is 2. The number of nitrogens with one attached hydrogen (secondary N) is 1. The molecule has 4 amide bonds. The molecule has 2 aromatic carbocycles. The van der Waals surface area contributed by atoms with Crippen molar-refractivity contribution in [2.75, 3.05) is 6.54 Å². The van der Waals surface area contributed by atoms with Gasteiger partial charge in [-0.1, -0.05) is 61.0 Å². The normalized spacial score (nSPS) is 18.0. The molecule has 2 atom stereocenters. The zero-order chi connectivity index (χ0) is 23.4. The topological polar surface area (TPSA) is 107 Å². The van der Waals surface area contributed by atoms with Crippen molar-refractivity contribution in [2.24, 2.45) is 0 Å². The number of amides is 4. The second kappa shape index (κ2) is 9.85. The van der Waals surface area contributed by atoms with E-state index in [-0.39, 0.29) is 24.3 Å². The Bertz CT molecular complexity index is 1010. The molecule has 2 aromatic rings. The second-order valence-corrected chi connectivity index (χ2v) is 8.45. The fourth-order valence-electron chi connectivity index (χ4n) is 4.48. The quantitative estimate of drug-likeness (QED) is 0.452. The molecule has 0 spiro atoms. The van der Waals surface area contributed by atoms with Crippen LogP contribution in [0.25, 0.3) is 0 Å². The van der Waals surface area contributed by atoms with Crippen molar-refractivity contribution >= 4 is 23.8 Å². The monoisotopic (exact) mass is 449 g/mol. The molecule has 0 radical (unpaired) electrons. The summed E-state index contributed by atoms with van der Waals surface area (Å²) in [5.74, 6) is -1.60. The Labute approximate surface area is 192 Å². The first-order chi connectivity index (χ1) is 16.0. The number of aliphatic carboxylic acids is 1. The number of carbonyl (C=O) groups excluding carboxylic acids is 3. The van der Waals surface area contributed by atoms with E-state index in [0.717, 1.165) is 11.1 Å². The maximum atomic E-state index is 12.8. The van der Waals surface area contributed by atoms with Crippen LogP contribution in [0.4, 0.5) is 4.79 Å². The van der Waals surface area contributed by atoms with E-state index in [1.165, 1.54) is 4.90 Å². The van der Waals surface area contributed by atoms with Gasteiger partial charge in [0.05, 0.1) is 0 Å². The van der Waals surface area contributed by atoms with Crippen molar-refractivity contribution in [1.82, 2.24) is 15.1 Å². The molecular weight excluding hydrogens is 422 g/mol. The molecule has 2 aliphatic heterocycles. The van der Waals surface area contributed by atoms with Gasteiger partial charge < -0.3 is 15.3 Å². The summed E-state index contributed by atoms with van der Waals surface area (Å²) < 4.78 is 0. The fraction of sp³-hybridized carbons (Fsp3) is 0.360. The molecule has 2 aliphatic rings. The van der Waals surface area contributed by atoms with E-state index >= 15 is 0 Å². The summed E-state index contributed by atoms with van der Waals surface area (Å²) in [6.07, 6.45) is 2.52. The lowest BCUT2D eigenvalue weighted by Gasteiger charge is -2.28. The van der Waals surface area contributed by atoms with E-state index in [1.807, 2.05) is 24.3 Å². The van der Waals surface area contributed by atoms with Crippen LogP contribution in [-0.2, 0) is 27.3 Å². The predicted octanol–water partition coefficient (Wildman–Crippen LogP) is 2.88. The molecule has 0 saturated carbocycles. The molecule has 0 aliphatic carbocycles. The number of carboxylic acids is 1. The minimum atomic E-state index is -1.11. The van der Waals surface area contributed by atoms with E-state index in [1.54, 1.807) is 35.2 Å². The van der Waals surface area contributed by atoms with E-state index in [0.29, 0.717) is 44.3 Å². The summed E-state index contributed by atoms with van der Waals surface area (Å²) >= 11 is 0. The minimum Gasteiger partial charge on any atom is -0.479 e. The molecule has 2 N–H and O–H groups in total. The SMILES string of the molecule is O=C(CCCCCN1C(=O)C2Cc3ccccc3CN2C1=O)NC(C(=O)O)c1ccccc1. The first-order valence-electron chi connectivity index (χ1n) is 11.2. The summed E-state index contributed by atoms with van der Waals surface area (Å²) in [6.45, 7) is 0.776. The van der Waals surface area contributed by atoms with Crippen LogP contribution in [0, 0.1) is 0 Å². The van der Waals surface area contributed by atoms with Crippen LogP contribution in [0.3, 0.4) is 0 Å². The Morgan fingerprint density at radius 3 is 2.39 bits per heavy atom. The number of imide groups is 1. The molecule has 0 aromatic heterocycles. The van der Waals surface area contributed by atoms with Crippen LogP contribution in [0.15, 0.2) is 54.6 Å². The van der Waals surface area contributed by atoms with Crippen LogP contribution in [0.2, 0.25) is 0 Å². The van der Waals surface area contributed by atoms with Gasteiger partial charge in [-0.25, -0.2) is 9.59 Å². The number of hydrogen-bond acceptors (Lipinski definition) is 4. The summed E-state index contributed by atoms with van der Waals surface area (Å²) in [6, 6.07) is 14.7. The van der Waals surface area contributed by atoms with Gasteiger partial charge in [-0.2, -0.15) is 0 Å². The average Bonchev–Trinajstić information content (AvgIpc) is 3.05. The standard InChI is InChI=1S/C25H27N3O5/c29-21(26-22(24(31)32)17-9-3-1-4-10-17)13-5-2-8-14-27-23(30)20-15-18-11-6-7-12-19(18)16-28(20)25(27)33/h1,3-4,6-7,9-12,20,22H,2,5,8,13-16H2,(H,26,29)(H,31,32). The number of fused-ring (bicyclic) bond motifs is 2. The van der Waals surface area contributed by atoms with Gasteiger partial charge in [0.15, 0.2) is 6.04 Å². The number of unbranched alkanes of at least 4 members (excludes halogenated alkanes) is 2. The predicted molar refractivity (Wildman–Crippen MR) is 120 cm³/mol. The fourth-order valence-corrected chi connectivity index (χ4v) is 4.48. The van der Waals surface area contributed by atoms with Crippen LogP contribution < -0.4 is 5.32 Å². The molecule has 33 heavy (non-hydrogen) atoms. The van der Waals surface area contributed by atoms with Crippen molar-refractivity contribution in [1.29, 1.82) is 0 Å². The molecule has 2 heterocycles. The first kappa shape index (κ1) is 22.5. The lowest BCUT2D eigenvalue weighted by atomic mass is 9.95. The summed E-state index contributed by atoms with van der Waals surface area (Å²) in [5.41, 5.74) is 2.71. The lowest BCUT2D eigenvalue weighted by Crippen LogP contribution is -2.39. The molecular formula is C25H27N3O5. The highest BCUT2D eigenvalue weighted by molar-refractivity contribution is 6.04. The van der Waals surface area contributed by atoms with Gasteiger partial charge >= 0.3 is 12.0 Å². The third kappa shape index (κ3) is 4.89. The highest BCUT2D eigenvalue weighted by Crippen LogP contribution is 2.30. The Balaban J connectivity index is 1.22. The van der Waals surface area contributed by atoms with E-state index in [9.17, 15) is 24.3 Å². The Morgan fingerprint density at radius 2 is 1.67 bits per heavy atom. The Morgan fingerprint density at radius 1 is 0.970 bits per heavy atom. The molecule has 2 unspecified atom stereocenters. The maximum Gasteiger partial charge on any atom is 0.330 e. The van der Waals surface area contributed by atoms with Gasteiger partial charge in [-0.05, 0) is 29.5 Å². The molecule has 1 saturated heterocycles. The molecule has 1 fully saturated rings. The van der Waals surface area contributed by atoms with Crippen molar-refractivity contribution in [3.8, 4) is 0 Å². The first-order valence-corrected chi connectivity index (χ1v) is 11.2. The van der Waals surface area contributed by atoms with Gasteiger partial charge in [-0.3, -0.25) is 14.5 Å². The highest BCUT2D eigenvalue weighted by Gasteiger charge is 2.46. The molecule has 4 rings (SSSR count). The van der Waals surface area contributed by atoms with Crippen LogP contribution in [-0.4, -0.2) is 51.3 Å². The van der Waals surface area contributed by atoms with Gasteiger partial charge in [0.2, 0.25) is 5.91 Å². The van der Waals surface area contributed by atoms with Crippen molar-refractivity contribution in [3.05, 3.63) is 71.3 Å². The van der Waals surface area contributed by atoms with E-state index in [4.69, 9.17) is 0 Å². The smallest absolute Gasteiger partial charge is 0.330 e. The highest BCUT2D eigenvalue weighted by atomic mass is 16.4. The maximum absolute atomic E-state index is 12.8. The average molecular weight is 450 g/mol. The molecule has 8 nitrogen and oxygen atoms in total. The zero-order valence-corrected chi connectivity index (χ0v) is 18.3. The minimum absolute atomic E-state index is 0.153. The van der Waals surface area contributed by atoms with E-state index < -0.39 is 18.1 Å². The van der Waals surface area contributed by atoms with E-state index in [2.05, 4.69) is 5.32 Å². The lowest BCUT2D eigenvalue weighted by molar-refractivity contribution is -0.142. The molecule has 172 valence electrons. The van der Waals surface area contributed by atoms with Crippen molar-refractivity contribution < 1.29 is 24.3 Å². The van der Waals surface area contributed by atoms with Crippen molar-refractivity contribution in [3.63, 3.8) is 0 Å². The van der Waals surface area contributed by atoms with Gasteiger partial charge in [0, 0.05) is 25.9 Å². The number of carbonyl (C=O) groups is 4. The number of urea groups is 1. The Hall–Kier alpha value is -3.68. The summed E-state index contributed by atoms with van der Waals surface area (Å²) in [4.78, 5) is 52.3. The largest absolute Gasteiger partial charge is 0.479 e. The van der Waals surface area contributed by atoms with Gasteiger partial charge in [0.1, 0.15) is 6.04 Å². The number of carboxylic acid groups (broad SMARTS) is 1. The summed E-state index contributed by atoms with van der Waals surface area (Å²) in [5, 5.41) is 12.0. The molecule has 0 bridgehead atoms. The zero-order valence-electron chi connectivity index (χ0n) is 18.3. The third-order valence-electron chi connectivity index (χ3n) is 6.25. The van der Waals surface area contributed by atoms with Crippen LogP contribution >= 0.6 is 0 Å². The molecule has 8 heteroatoms. The van der Waals surface area contributed by atoms with Crippen LogP contribution in [0.5, 0.6) is 0 Å². The van der Waals surface area contributed by atoms with Crippen molar-refractivity contribution in [2.45, 2.75) is 50.7 Å².